The van der Waals surface area contributed by atoms with Gasteiger partial charge in [-0.25, -0.2) is 0 Å². The molecule has 0 saturated carbocycles. The first kappa shape index (κ1) is 37.9. The molecule has 12 nitrogen and oxygen atoms in total. The molecule has 0 fully saturated rings. The molecule has 3 rings (SSSR count). The van der Waals surface area contributed by atoms with E-state index in [1.54, 1.807) is 6.20 Å². The van der Waals surface area contributed by atoms with Crippen LogP contribution in [-0.2, 0) is 49.8 Å². The van der Waals surface area contributed by atoms with Crippen molar-refractivity contribution in [2.45, 2.75) is 77.9 Å². The first-order chi connectivity index (χ1) is 23.0. The van der Waals surface area contributed by atoms with Gasteiger partial charge in [0.25, 0.3) is 0 Å². The summed E-state index contributed by atoms with van der Waals surface area (Å²) in [5.74, 6) is -3.48. The summed E-state index contributed by atoms with van der Waals surface area (Å²) in [6.45, 7) is 4.34. The van der Waals surface area contributed by atoms with E-state index in [0.717, 1.165) is 17.5 Å². The predicted molar refractivity (Wildman–Crippen MR) is 180 cm³/mol. The molecule has 12 heteroatoms. The minimum Gasteiger partial charge on any atom is -0.394 e. The third-order valence-corrected chi connectivity index (χ3v) is 8.18. The summed E-state index contributed by atoms with van der Waals surface area (Å²) in [4.78, 5) is 65.3. The molecule has 0 saturated heterocycles. The van der Waals surface area contributed by atoms with Gasteiger partial charge in [0.2, 0.25) is 11.8 Å². The lowest BCUT2D eigenvalue weighted by atomic mass is 9.86. The summed E-state index contributed by atoms with van der Waals surface area (Å²) < 4.78 is 1.48. The number of nitrogens with two attached hydrogens (primary N) is 1. The minimum atomic E-state index is -1.26. The van der Waals surface area contributed by atoms with Gasteiger partial charge < -0.3 is 21.5 Å². The van der Waals surface area contributed by atoms with E-state index in [1.165, 1.54) is 11.6 Å². The molecule has 2 aromatic carbocycles. The van der Waals surface area contributed by atoms with Crippen molar-refractivity contribution in [1.29, 1.82) is 0 Å². The second kappa shape index (κ2) is 19.3. The Hall–Kier alpha value is -4.55. The van der Waals surface area contributed by atoms with Gasteiger partial charge in [-0.3, -0.25) is 28.7 Å². The lowest BCUT2D eigenvalue weighted by Crippen LogP contribution is -2.49. The second-order valence-electron chi connectivity index (χ2n) is 12.7. The van der Waals surface area contributed by atoms with Gasteiger partial charge in [0, 0.05) is 25.0 Å². The van der Waals surface area contributed by atoms with Gasteiger partial charge in [-0.2, -0.15) is 0 Å². The van der Waals surface area contributed by atoms with Crippen molar-refractivity contribution in [3.8, 4) is 0 Å². The average molecular weight is 661 g/mol. The van der Waals surface area contributed by atoms with E-state index in [0.29, 0.717) is 18.5 Å². The van der Waals surface area contributed by atoms with Crippen molar-refractivity contribution in [3.63, 3.8) is 0 Å². The quantitative estimate of drug-likeness (QED) is 0.133. The van der Waals surface area contributed by atoms with E-state index in [2.05, 4.69) is 20.9 Å². The van der Waals surface area contributed by atoms with Crippen LogP contribution in [-0.4, -0.2) is 74.5 Å². The number of carbonyl (C=O) groups is 5. The van der Waals surface area contributed by atoms with Crippen molar-refractivity contribution in [2.75, 3.05) is 13.2 Å². The standard InChI is InChI=1S/C36H48N6O6/c1-24(2)16-28(25(3)44)18-33(45)31(17-27-12-8-5-9-13-27)39-36(48)29(19-34(46)32(23-43)38-35(47)20-37)21-42-22-30(40-41-42)15-14-26-10-6-4-7-11-26/h4-13,22,24,28-29,31-32,43H,14-21,23,37H2,1-3H3,(H,38,47)(H,39,48)/t28-,29+,31+,32+/m1/s1. The molecule has 0 spiro atoms. The molecule has 0 aliphatic heterocycles. The molecule has 1 aromatic heterocycles. The maximum Gasteiger partial charge on any atom is 0.234 e. The van der Waals surface area contributed by atoms with Gasteiger partial charge in [-0.15, -0.1) is 5.10 Å². The third kappa shape index (κ3) is 12.6. The molecule has 258 valence electrons. The molecule has 2 amide bonds. The fraction of sp³-hybridized carbons (Fsp3) is 0.472. The van der Waals surface area contributed by atoms with Crippen molar-refractivity contribution in [2.24, 2.45) is 23.5 Å². The molecule has 0 radical (unpaired) electrons. The first-order valence-electron chi connectivity index (χ1n) is 16.4. The number of nitrogens with zero attached hydrogens (tertiary/aromatic N) is 3. The summed E-state index contributed by atoms with van der Waals surface area (Å²) in [6.07, 6.45) is 3.40. The van der Waals surface area contributed by atoms with E-state index in [1.807, 2.05) is 74.5 Å². The highest BCUT2D eigenvalue weighted by Crippen LogP contribution is 2.20. The van der Waals surface area contributed by atoms with Crippen molar-refractivity contribution >= 4 is 29.2 Å². The van der Waals surface area contributed by atoms with Crippen LogP contribution < -0.4 is 16.4 Å². The number of aliphatic hydroxyl groups excluding tert-OH is 1. The normalized spacial score (nSPS) is 13.7. The Morgan fingerprint density at radius 3 is 2.02 bits per heavy atom. The number of aliphatic hydroxyl groups is 1. The van der Waals surface area contributed by atoms with Crippen LogP contribution in [0, 0.1) is 17.8 Å². The largest absolute Gasteiger partial charge is 0.394 e. The van der Waals surface area contributed by atoms with Gasteiger partial charge in [0.15, 0.2) is 11.6 Å². The van der Waals surface area contributed by atoms with Gasteiger partial charge >= 0.3 is 0 Å². The summed E-state index contributed by atoms with van der Waals surface area (Å²) in [5.41, 5.74) is 8.03. The molecular weight excluding hydrogens is 612 g/mol. The number of amides is 2. The zero-order valence-electron chi connectivity index (χ0n) is 28.0. The number of ketones is 3. The smallest absolute Gasteiger partial charge is 0.234 e. The van der Waals surface area contributed by atoms with Crippen LogP contribution in [0.5, 0.6) is 0 Å². The molecule has 3 aromatic rings. The van der Waals surface area contributed by atoms with Gasteiger partial charge in [0.05, 0.1) is 37.4 Å². The van der Waals surface area contributed by atoms with E-state index in [-0.39, 0.29) is 49.8 Å². The molecule has 48 heavy (non-hydrogen) atoms. The number of Topliss-reactive ketones (excluding diaryl/α,β-unsaturated/α-hetero) is 3. The second-order valence-corrected chi connectivity index (χ2v) is 12.7. The van der Waals surface area contributed by atoms with Crippen molar-refractivity contribution in [3.05, 3.63) is 83.7 Å². The molecular formula is C36H48N6O6. The maximum atomic E-state index is 14.0. The van der Waals surface area contributed by atoms with Crippen LogP contribution in [0.25, 0.3) is 0 Å². The van der Waals surface area contributed by atoms with E-state index in [9.17, 15) is 29.1 Å². The maximum absolute atomic E-state index is 14.0. The summed E-state index contributed by atoms with van der Waals surface area (Å²) >= 11 is 0. The first-order valence-corrected chi connectivity index (χ1v) is 16.4. The van der Waals surface area contributed by atoms with E-state index in [4.69, 9.17) is 5.73 Å². The summed E-state index contributed by atoms with van der Waals surface area (Å²) in [6, 6.07) is 16.9. The van der Waals surface area contributed by atoms with Gasteiger partial charge in [-0.1, -0.05) is 79.7 Å². The monoisotopic (exact) mass is 660 g/mol. The summed E-state index contributed by atoms with van der Waals surface area (Å²) in [5, 5.41) is 23.5. The van der Waals surface area contributed by atoms with Crippen molar-refractivity contribution in [1.82, 2.24) is 25.6 Å². The average Bonchev–Trinajstić information content (AvgIpc) is 3.52. The Balaban J connectivity index is 1.85. The zero-order chi connectivity index (χ0) is 35.1. The number of hydrogen-bond donors (Lipinski definition) is 4. The fourth-order valence-corrected chi connectivity index (χ4v) is 5.52. The zero-order valence-corrected chi connectivity index (χ0v) is 28.0. The Morgan fingerprint density at radius 2 is 1.44 bits per heavy atom. The Kier molecular flexibility index (Phi) is 15.3. The molecule has 1 heterocycles. The molecule has 0 aliphatic rings. The number of aromatic nitrogens is 3. The van der Waals surface area contributed by atoms with Crippen molar-refractivity contribution < 1.29 is 29.1 Å². The van der Waals surface area contributed by atoms with Crippen LogP contribution in [0.2, 0.25) is 0 Å². The Bertz CT molecular complexity index is 1490. The third-order valence-electron chi connectivity index (χ3n) is 8.18. The molecule has 0 bridgehead atoms. The van der Waals surface area contributed by atoms with Crippen LogP contribution >= 0.6 is 0 Å². The summed E-state index contributed by atoms with van der Waals surface area (Å²) in [7, 11) is 0. The lowest BCUT2D eigenvalue weighted by Gasteiger charge is -2.25. The number of rotatable bonds is 21. The Morgan fingerprint density at radius 1 is 0.833 bits per heavy atom. The number of aryl methyl sites for hydroxylation is 2. The van der Waals surface area contributed by atoms with Crippen LogP contribution in [0.4, 0.5) is 0 Å². The topological polar surface area (TPSA) is 186 Å². The molecule has 5 N–H and O–H groups in total. The van der Waals surface area contributed by atoms with Crippen LogP contribution in [0.15, 0.2) is 66.9 Å². The predicted octanol–water partition coefficient (Wildman–Crippen LogP) is 2.01. The fourth-order valence-electron chi connectivity index (χ4n) is 5.52. The number of carbonyl (C=O) groups excluding carboxylic acids is 5. The lowest BCUT2D eigenvalue weighted by molar-refractivity contribution is -0.135. The molecule has 0 aliphatic carbocycles. The number of nitrogens with one attached hydrogen (secondary N) is 2. The van der Waals surface area contributed by atoms with Gasteiger partial charge in [-0.05, 0) is 49.7 Å². The SMILES string of the molecule is CC(=O)[C@@H](CC(=O)[C@H](Cc1ccccc1)NC(=O)[C@@H](CC(=O)[C@H](CO)NC(=O)CN)Cn1cc(CCc2ccccc2)nn1)CC(C)C. The Labute approximate surface area is 281 Å². The van der Waals surface area contributed by atoms with Crippen LogP contribution in [0.1, 0.15) is 56.9 Å². The number of benzene rings is 2. The highest BCUT2D eigenvalue weighted by molar-refractivity contribution is 5.95. The highest BCUT2D eigenvalue weighted by atomic mass is 16.3. The van der Waals surface area contributed by atoms with E-state index >= 15 is 0 Å². The molecule has 4 atom stereocenters. The van der Waals surface area contributed by atoms with Gasteiger partial charge in [0.1, 0.15) is 11.8 Å². The van der Waals surface area contributed by atoms with E-state index < -0.39 is 48.1 Å². The molecule has 0 unspecified atom stereocenters. The highest BCUT2D eigenvalue weighted by Gasteiger charge is 2.32. The minimum absolute atomic E-state index is 0.0273. The van der Waals surface area contributed by atoms with Crippen LogP contribution in [0.3, 0.4) is 0 Å². The number of hydrogen-bond acceptors (Lipinski definition) is 9.